The molecule has 3 atom stereocenters. The molecule has 7 heteroatoms. The number of hydrogen-bond donors (Lipinski definition) is 2. The van der Waals surface area contributed by atoms with Crippen LogP contribution in [-0.4, -0.2) is 54.6 Å². The van der Waals surface area contributed by atoms with E-state index in [0.29, 0.717) is 23.8 Å². The Labute approximate surface area is 170 Å². The summed E-state index contributed by atoms with van der Waals surface area (Å²) in [5, 5.41) is 4.45. The number of fused-ring (bicyclic) bond motifs is 1. The van der Waals surface area contributed by atoms with Crippen molar-refractivity contribution in [1.29, 1.82) is 0 Å². The molecule has 154 valence electrons. The minimum atomic E-state index is -0.153. The monoisotopic (exact) mass is 406 g/mol. The standard InChI is InChI=1S/C21H31FN4OS/c1-14-18(23-8-7-20(14)27-2)13-28-21-24-16-11-15(22)19(12-17(16)25-21)26-9-5-3-4-6-10-26/h11-12,14,18,20,23H,3-10,13H2,1-2H3,(H,24,25). The van der Waals surface area contributed by atoms with E-state index in [2.05, 4.69) is 22.1 Å². The van der Waals surface area contributed by atoms with Crippen LogP contribution in [0.5, 0.6) is 0 Å². The number of benzene rings is 1. The van der Waals surface area contributed by atoms with Gasteiger partial charge >= 0.3 is 0 Å². The normalized spacial score (nSPS) is 26.5. The number of rotatable bonds is 5. The lowest BCUT2D eigenvalue weighted by Crippen LogP contribution is -2.49. The predicted octanol–water partition coefficient (Wildman–Crippen LogP) is 4.19. The van der Waals surface area contributed by atoms with Gasteiger partial charge in [-0.15, -0.1) is 0 Å². The number of thioether (sulfide) groups is 1. The molecule has 28 heavy (non-hydrogen) atoms. The molecule has 2 aromatic rings. The predicted molar refractivity (Wildman–Crippen MR) is 114 cm³/mol. The third kappa shape index (κ3) is 4.31. The van der Waals surface area contributed by atoms with Gasteiger partial charge in [-0.05, 0) is 37.8 Å². The first-order chi connectivity index (χ1) is 13.7. The van der Waals surface area contributed by atoms with E-state index in [9.17, 15) is 4.39 Å². The van der Waals surface area contributed by atoms with Crippen LogP contribution in [0.1, 0.15) is 39.0 Å². The number of halogens is 1. The van der Waals surface area contributed by atoms with Gasteiger partial charge in [0.25, 0.3) is 0 Å². The van der Waals surface area contributed by atoms with Crippen molar-refractivity contribution in [3.05, 3.63) is 17.9 Å². The summed E-state index contributed by atoms with van der Waals surface area (Å²) in [5.41, 5.74) is 2.32. The van der Waals surface area contributed by atoms with Gasteiger partial charge in [0.15, 0.2) is 5.16 Å². The summed E-state index contributed by atoms with van der Waals surface area (Å²) in [7, 11) is 1.80. The van der Waals surface area contributed by atoms with Crippen LogP contribution < -0.4 is 10.2 Å². The van der Waals surface area contributed by atoms with Gasteiger partial charge in [-0.2, -0.15) is 0 Å². The highest BCUT2D eigenvalue weighted by molar-refractivity contribution is 7.99. The van der Waals surface area contributed by atoms with Crippen LogP contribution in [0.25, 0.3) is 11.0 Å². The fourth-order valence-electron chi connectivity index (χ4n) is 4.45. The Balaban J connectivity index is 1.47. The lowest BCUT2D eigenvalue weighted by molar-refractivity contribution is 0.0225. The molecular weight excluding hydrogens is 375 g/mol. The summed E-state index contributed by atoms with van der Waals surface area (Å²) in [5.74, 6) is 1.23. The van der Waals surface area contributed by atoms with Crippen molar-refractivity contribution in [2.75, 3.05) is 37.4 Å². The van der Waals surface area contributed by atoms with Crippen LogP contribution in [0.4, 0.5) is 10.1 Å². The zero-order chi connectivity index (χ0) is 19.5. The summed E-state index contributed by atoms with van der Waals surface area (Å²) in [6.07, 6.45) is 6.11. The molecule has 0 radical (unpaired) electrons. The van der Waals surface area contributed by atoms with Crippen LogP contribution in [-0.2, 0) is 4.74 Å². The van der Waals surface area contributed by atoms with Gasteiger partial charge in [-0.25, -0.2) is 9.37 Å². The maximum atomic E-state index is 14.7. The third-order valence-corrected chi connectivity index (χ3v) is 7.23. The minimum Gasteiger partial charge on any atom is -0.381 e. The van der Waals surface area contributed by atoms with Gasteiger partial charge in [0.2, 0.25) is 0 Å². The lowest BCUT2D eigenvalue weighted by Gasteiger charge is -2.35. The first-order valence-corrected chi connectivity index (χ1v) is 11.5. The second-order valence-corrected chi connectivity index (χ2v) is 9.07. The average Bonchev–Trinajstić information content (AvgIpc) is 2.89. The van der Waals surface area contributed by atoms with Crippen LogP contribution >= 0.6 is 11.8 Å². The van der Waals surface area contributed by atoms with Crippen molar-refractivity contribution in [2.24, 2.45) is 5.92 Å². The molecule has 4 rings (SSSR count). The van der Waals surface area contributed by atoms with E-state index in [1.165, 1.54) is 12.8 Å². The van der Waals surface area contributed by atoms with E-state index in [1.54, 1.807) is 24.9 Å². The molecular formula is C21H31FN4OS. The molecule has 3 heterocycles. The number of H-pyrrole nitrogens is 1. The first kappa shape index (κ1) is 20.0. The maximum absolute atomic E-state index is 14.7. The third-order valence-electron chi connectivity index (χ3n) is 6.23. The molecule has 1 aromatic heterocycles. The maximum Gasteiger partial charge on any atom is 0.166 e. The Bertz CT molecular complexity index is 790. The molecule has 2 N–H and O–H groups in total. The summed E-state index contributed by atoms with van der Waals surface area (Å²) in [6, 6.07) is 3.91. The van der Waals surface area contributed by atoms with Crippen LogP contribution in [0.15, 0.2) is 17.3 Å². The SMILES string of the molecule is COC1CCNC(CSc2nc3cc(N4CCCCCC4)c(F)cc3[nH]2)C1C. The topological polar surface area (TPSA) is 53.2 Å². The van der Waals surface area contributed by atoms with Gasteiger partial charge in [0.1, 0.15) is 5.82 Å². The van der Waals surface area contributed by atoms with Crippen molar-refractivity contribution in [1.82, 2.24) is 15.3 Å². The van der Waals surface area contributed by atoms with Gasteiger partial charge < -0.3 is 19.9 Å². The molecule has 5 nitrogen and oxygen atoms in total. The zero-order valence-electron chi connectivity index (χ0n) is 16.8. The molecule has 0 bridgehead atoms. The molecule has 2 aliphatic heterocycles. The number of methoxy groups -OCH3 is 1. The first-order valence-electron chi connectivity index (χ1n) is 10.5. The van der Waals surface area contributed by atoms with Crippen molar-refractivity contribution in [2.45, 2.75) is 56.3 Å². The Morgan fingerprint density at radius 2 is 2.04 bits per heavy atom. The summed E-state index contributed by atoms with van der Waals surface area (Å²) >= 11 is 1.70. The Hall–Kier alpha value is -1.31. The van der Waals surface area contributed by atoms with Gasteiger partial charge in [-0.1, -0.05) is 31.5 Å². The highest BCUT2D eigenvalue weighted by Crippen LogP contribution is 2.30. The Kier molecular flexibility index (Phi) is 6.43. The Morgan fingerprint density at radius 3 is 2.79 bits per heavy atom. The van der Waals surface area contributed by atoms with Crippen LogP contribution in [0.2, 0.25) is 0 Å². The largest absolute Gasteiger partial charge is 0.381 e. The molecule has 2 fully saturated rings. The quantitative estimate of drug-likeness (QED) is 0.730. The molecule has 0 spiro atoms. The molecule has 1 aromatic carbocycles. The highest BCUT2D eigenvalue weighted by atomic mass is 32.2. The number of hydrogen-bond acceptors (Lipinski definition) is 5. The lowest BCUT2D eigenvalue weighted by atomic mass is 9.91. The van der Waals surface area contributed by atoms with Gasteiger partial charge in [-0.3, -0.25) is 0 Å². The van der Waals surface area contributed by atoms with E-state index < -0.39 is 0 Å². The smallest absolute Gasteiger partial charge is 0.166 e. The number of nitrogens with one attached hydrogen (secondary N) is 2. The van der Waals surface area contributed by atoms with E-state index in [-0.39, 0.29) is 5.82 Å². The second kappa shape index (κ2) is 9.01. The summed E-state index contributed by atoms with van der Waals surface area (Å²) < 4.78 is 20.3. The highest BCUT2D eigenvalue weighted by Gasteiger charge is 2.29. The second-order valence-electron chi connectivity index (χ2n) is 8.06. The van der Waals surface area contributed by atoms with E-state index in [1.807, 2.05) is 6.07 Å². The van der Waals surface area contributed by atoms with E-state index in [0.717, 1.165) is 60.8 Å². The average molecular weight is 407 g/mol. The number of anilines is 1. The molecule has 2 saturated heterocycles. The molecule has 0 aliphatic carbocycles. The van der Waals surface area contributed by atoms with Crippen molar-refractivity contribution < 1.29 is 9.13 Å². The van der Waals surface area contributed by atoms with Crippen molar-refractivity contribution in [3.63, 3.8) is 0 Å². The van der Waals surface area contributed by atoms with Crippen molar-refractivity contribution in [3.8, 4) is 0 Å². The number of aromatic amines is 1. The van der Waals surface area contributed by atoms with Crippen LogP contribution in [0.3, 0.4) is 0 Å². The number of ether oxygens (including phenoxy) is 1. The number of aromatic nitrogens is 2. The van der Waals surface area contributed by atoms with Gasteiger partial charge in [0, 0.05) is 38.1 Å². The number of piperidine rings is 1. The van der Waals surface area contributed by atoms with Crippen LogP contribution in [0, 0.1) is 11.7 Å². The fourth-order valence-corrected chi connectivity index (χ4v) is 5.55. The number of nitrogens with zero attached hydrogens (tertiary/aromatic N) is 2. The Morgan fingerprint density at radius 1 is 1.25 bits per heavy atom. The fraction of sp³-hybridized carbons (Fsp3) is 0.667. The zero-order valence-corrected chi connectivity index (χ0v) is 17.7. The molecule has 0 saturated carbocycles. The summed E-state index contributed by atoms with van der Waals surface area (Å²) in [6.45, 7) is 5.09. The molecule has 3 unspecified atom stereocenters. The number of imidazole rings is 1. The minimum absolute atomic E-state index is 0.153. The van der Waals surface area contributed by atoms with E-state index in [4.69, 9.17) is 9.72 Å². The van der Waals surface area contributed by atoms with Gasteiger partial charge in [0.05, 0.1) is 22.8 Å². The molecule has 2 aliphatic rings. The van der Waals surface area contributed by atoms with Crippen molar-refractivity contribution >= 4 is 28.5 Å². The molecule has 0 amide bonds. The summed E-state index contributed by atoms with van der Waals surface area (Å²) in [4.78, 5) is 10.2. The van der Waals surface area contributed by atoms with E-state index >= 15 is 0 Å².